The van der Waals surface area contributed by atoms with E-state index in [0.29, 0.717) is 29.3 Å². The topological polar surface area (TPSA) is 71.3 Å². The van der Waals surface area contributed by atoms with Crippen LogP contribution in [0.4, 0.5) is 5.69 Å². The SMILES string of the molecule is O=C(NCc1ccco1)C1(C(=O)Nc2cccc(Cl)c2Cl)CC1. The van der Waals surface area contributed by atoms with E-state index in [2.05, 4.69) is 10.6 Å². The first-order chi connectivity index (χ1) is 11.0. The molecule has 0 spiro atoms. The van der Waals surface area contributed by atoms with Crippen LogP contribution in [-0.4, -0.2) is 11.8 Å². The number of nitrogens with one attached hydrogen (secondary N) is 2. The predicted octanol–water partition coefficient (Wildman–Crippen LogP) is 3.62. The van der Waals surface area contributed by atoms with E-state index in [1.54, 1.807) is 30.3 Å². The Morgan fingerprint density at radius 2 is 1.91 bits per heavy atom. The average Bonchev–Trinajstić information content (AvgIpc) is 3.19. The summed E-state index contributed by atoms with van der Waals surface area (Å²) in [6.45, 7) is 0.249. The lowest BCUT2D eigenvalue weighted by Crippen LogP contribution is -2.39. The average molecular weight is 353 g/mol. The fraction of sp³-hybridized carbons (Fsp3) is 0.250. The minimum atomic E-state index is -1.04. The van der Waals surface area contributed by atoms with Gasteiger partial charge in [-0.2, -0.15) is 0 Å². The number of rotatable bonds is 5. The molecule has 1 aromatic carbocycles. The highest BCUT2D eigenvalue weighted by Crippen LogP contribution is 2.47. The first-order valence-corrected chi connectivity index (χ1v) is 7.85. The fourth-order valence-corrected chi connectivity index (χ4v) is 2.62. The summed E-state index contributed by atoms with van der Waals surface area (Å²) in [5.41, 5.74) is -0.646. The number of anilines is 1. The van der Waals surface area contributed by atoms with Gasteiger partial charge in [0.2, 0.25) is 11.8 Å². The molecular weight excluding hydrogens is 339 g/mol. The molecular formula is C16H14Cl2N2O3. The Bertz CT molecular complexity index is 740. The highest BCUT2D eigenvalue weighted by atomic mass is 35.5. The predicted molar refractivity (Wildman–Crippen MR) is 87.3 cm³/mol. The van der Waals surface area contributed by atoms with Crippen LogP contribution in [0.15, 0.2) is 41.0 Å². The van der Waals surface area contributed by atoms with Gasteiger partial charge in [-0.25, -0.2) is 0 Å². The van der Waals surface area contributed by atoms with Crippen LogP contribution in [0.1, 0.15) is 18.6 Å². The number of halogens is 2. The van der Waals surface area contributed by atoms with Crippen molar-refractivity contribution in [2.75, 3.05) is 5.32 Å². The molecule has 0 radical (unpaired) electrons. The smallest absolute Gasteiger partial charge is 0.240 e. The Labute approximate surface area is 142 Å². The summed E-state index contributed by atoms with van der Waals surface area (Å²) in [4.78, 5) is 24.8. The first kappa shape index (κ1) is 15.9. The summed E-state index contributed by atoms with van der Waals surface area (Å²) in [6.07, 6.45) is 2.53. The van der Waals surface area contributed by atoms with Gasteiger partial charge in [0, 0.05) is 0 Å². The van der Waals surface area contributed by atoms with Crippen molar-refractivity contribution >= 4 is 40.7 Å². The highest BCUT2D eigenvalue weighted by molar-refractivity contribution is 6.44. The Morgan fingerprint density at radius 1 is 1.13 bits per heavy atom. The minimum absolute atomic E-state index is 0.249. The molecule has 2 N–H and O–H groups in total. The molecule has 0 saturated heterocycles. The van der Waals surface area contributed by atoms with Gasteiger partial charge < -0.3 is 15.1 Å². The maximum absolute atomic E-state index is 12.5. The van der Waals surface area contributed by atoms with Crippen molar-refractivity contribution in [1.82, 2.24) is 5.32 Å². The Morgan fingerprint density at radius 3 is 2.57 bits per heavy atom. The Kier molecular flexibility index (Phi) is 4.33. The molecule has 5 nitrogen and oxygen atoms in total. The second kappa shape index (κ2) is 6.26. The summed E-state index contributed by atoms with van der Waals surface area (Å²) >= 11 is 12.0. The van der Waals surface area contributed by atoms with Crippen molar-refractivity contribution in [2.24, 2.45) is 5.41 Å². The number of hydrogen-bond acceptors (Lipinski definition) is 3. The largest absolute Gasteiger partial charge is 0.467 e. The molecule has 0 unspecified atom stereocenters. The normalized spacial score (nSPS) is 15.0. The second-order valence-electron chi connectivity index (χ2n) is 5.40. The maximum Gasteiger partial charge on any atom is 0.240 e. The van der Waals surface area contributed by atoms with E-state index in [0.717, 1.165) is 0 Å². The standard InChI is InChI=1S/C16H14Cl2N2O3/c17-11-4-1-5-12(13(11)18)20-15(22)16(6-7-16)14(21)19-9-10-3-2-8-23-10/h1-5,8H,6-7,9H2,(H,19,21)(H,20,22). The molecule has 0 bridgehead atoms. The van der Waals surface area contributed by atoms with Crippen LogP contribution in [0.2, 0.25) is 10.0 Å². The quantitative estimate of drug-likeness (QED) is 0.807. The fourth-order valence-electron chi connectivity index (χ4n) is 2.27. The lowest BCUT2D eigenvalue weighted by Gasteiger charge is -2.16. The molecule has 1 saturated carbocycles. The molecule has 1 aromatic heterocycles. The number of hydrogen-bond donors (Lipinski definition) is 2. The summed E-state index contributed by atoms with van der Waals surface area (Å²) in [7, 11) is 0. The summed E-state index contributed by atoms with van der Waals surface area (Å²) in [5, 5.41) is 6.02. The van der Waals surface area contributed by atoms with Crippen LogP contribution >= 0.6 is 23.2 Å². The third-order valence-corrected chi connectivity index (χ3v) is 4.64. The van der Waals surface area contributed by atoms with Gasteiger partial charge >= 0.3 is 0 Å². The lowest BCUT2D eigenvalue weighted by atomic mass is 10.0. The van der Waals surface area contributed by atoms with Crippen molar-refractivity contribution in [3.8, 4) is 0 Å². The number of carbonyl (C=O) groups is 2. The van der Waals surface area contributed by atoms with Crippen molar-refractivity contribution in [3.05, 3.63) is 52.4 Å². The van der Waals surface area contributed by atoms with Gasteiger partial charge in [0.25, 0.3) is 0 Å². The molecule has 1 aliphatic rings. The number of amides is 2. The molecule has 0 aliphatic heterocycles. The molecule has 0 atom stereocenters. The van der Waals surface area contributed by atoms with E-state index in [-0.39, 0.29) is 23.4 Å². The van der Waals surface area contributed by atoms with Crippen molar-refractivity contribution in [2.45, 2.75) is 19.4 Å². The zero-order chi connectivity index (χ0) is 16.4. The summed E-state index contributed by atoms with van der Waals surface area (Å²) in [5.74, 6) is -0.0596. The van der Waals surface area contributed by atoms with Crippen LogP contribution in [-0.2, 0) is 16.1 Å². The highest BCUT2D eigenvalue weighted by Gasteiger charge is 2.56. The minimum Gasteiger partial charge on any atom is -0.467 e. The molecule has 7 heteroatoms. The molecule has 120 valence electrons. The third-order valence-electron chi connectivity index (χ3n) is 3.82. The van der Waals surface area contributed by atoms with E-state index in [9.17, 15) is 9.59 Å². The van der Waals surface area contributed by atoms with Gasteiger partial charge in [-0.15, -0.1) is 0 Å². The zero-order valence-corrected chi connectivity index (χ0v) is 13.6. The van der Waals surface area contributed by atoms with Gasteiger partial charge in [-0.05, 0) is 37.1 Å². The number of benzene rings is 1. The van der Waals surface area contributed by atoms with Crippen LogP contribution in [0.5, 0.6) is 0 Å². The molecule has 1 heterocycles. The van der Waals surface area contributed by atoms with Crippen molar-refractivity contribution in [1.29, 1.82) is 0 Å². The molecule has 2 amide bonds. The van der Waals surface area contributed by atoms with Crippen LogP contribution in [0.25, 0.3) is 0 Å². The van der Waals surface area contributed by atoms with Crippen LogP contribution in [0.3, 0.4) is 0 Å². The van der Waals surface area contributed by atoms with E-state index in [1.807, 2.05) is 0 Å². The second-order valence-corrected chi connectivity index (χ2v) is 6.18. The zero-order valence-electron chi connectivity index (χ0n) is 12.1. The summed E-state index contributed by atoms with van der Waals surface area (Å²) < 4.78 is 5.15. The van der Waals surface area contributed by atoms with E-state index < -0.39 is 5.41 Å². The molecule has 2 aromatic rings. The van der Waals surface area contributed by atoms with Crippen molar-refractivity contribution < 1.29 is 14.0 Å². The van der Waals surface area contributed by atoms with Gasteiger partial charge in [0.05, 0.1) is 28.5 Å². The number of carbonyl (C=O) groups excluding carboxylic acids is 2. The monoisotopic (exact) mass is 352 g/mol. The van der Waals surface area contributed by atoms with Crippen molar-refractivity contribution in [3.63, 3.8) is 0 Å². The summed E-state index contributed by atoms with van der Waals surface area (Å²) in [6, 6.07) is 8.44. The van der Waals surface area contributed by atoms with E-state index in [1.165, 1.54) is 6.26 Å². The van der Waals surface area contributed by atoms with Gasteiger partial charge in [-0.3, -0.25) is 9.59 Å². The van der Waals surface area contributed by atoms with Gasteiger partial charge in [0.15, 0.2) is 0 Å². The Hall–Kier alpha value is -1.98. The molecule has 3 rings (SSSR count). The van der Waals surface area contributed by atoms with E-state index in [4.69, 9.17) is 27.6 Å². The number of furan rings is 1. The third kappa shape index (κ3) is 3.21. The molecule has 1 fully saturated rings. The van der Waals surface area contributed by atoms with Gasteiger partial charge in [0.1, 0.15) is 11.2 Å². The maximum atomic E-state index is 12.5. The lowest BCUT2D eigenvalue weighted by molar-refractivity contribution is -0.134. The van der Waals surface area contributed by atoms with Crippen LogP contribution < -0.4 is 10.6 Å². The molecule has 23 heavy (non-hydrogen) atoms. The Balaban J connectivity index is 1.66. The van der Waals surface area contributed by atoms with Crippen LogP contribution in [0, 0.1) is 5.41 Å². The first-order valence-electron chi connectivity index (χ1n) is 7.09. The molecule has 1 aliphatic carbocycles. The van der Waals surface area contributed by atoms with E-state index >= 15 is 0 Å². The van der Waals surface area contributed by atoms with Gasteiger partial charge in [-0.1, -0.05) is 29.3 Å².